The van der Waals surface area contributed by atoms with Crippen LogP contribution in [-0.2, 0) is 10.0 Å². The van der Waals surface area contributed by atoms with Crippen LogP contribution in [0.25, 0.3) is 6.08 Å². The van der Waals surface area contributed by atoms with E-state index < -0.39 is 10.0 Å². The molecule has 1 saturated heterocycles. The van der Waals surface area contributed by atoms with Crippen LogP contribution in [0, 0.1) is 0 Å². The fourth-order valence-electron chi connectivity index (χ4n) is 2.85. The molecule has 7 nitrogen and oxygen atoms in total. The van der Waals surface area contributed by atoms with Gasteiger partial charge in [-0.1, -0.05) is 25.3 Å². The summed E-state index contributed by atoms with van der Waals surface area (Å²) in [6.07, 6.45) is 7.82. The molecule has 8 heteroatoms. The van der Waals surface area contributed by atoms with Gasteiger partial charge in [0.25, 0.3) is 10.0 Å². The SMILES string of the molecule is C=C/C(=C\C=C/N)S(=O)(=O)N(N)c1cc(N2CCCNCC2)ccc1C=C. The third-order valence-electron chi connectivity index (χ3n) is 4.31. The molecule has 0 atom stereocenters. The van der Waals surface area contributed by atoms with Gasteiger partial charge in [-0.15, -0.1) is 0 Å². The molecular formula is C19H27N5O2S. The van der Waals surface area contributed by atoms with Gasteiger partial charge in [-0.05, 0) is 49.5 Å². The Balaban J connectivity index is 2.46. The first-order valence-electron chi connectivity index (χ1n) is 8.69. The summed E-state index contributed by atoms with van der Waals surface area (Å²) in [5.74, 6) is 6.05. The minimum Gasteiger partial charge on any atom is -0.405 e. The highest BCUT2D eigenvalue weighted by Gasteiger charge is 2.25. The smallest absolute Gasteiger partial charge is 0.277 e. The lowest BCUT2D eigenvalue weighted by Crippen LogP contribution is -2.38. The number of anilines is 2. The van der Waals surface area contributed by atoms with E-state index in [0.29, 0.717) is 11.3 Å². The number of nitrogens with one attached hydrogen (secondary N) is 1. The predicted molar refractivity (Wildman–Crippen MR) is 113 cm³/mol. The van der Waals surface area contributed by atoms with Crippen molar-refractivity contribution in [2.45, 2.75) is 6.42 Å². The lowest BCUT2D eigenvalue weighted by atomic mass is 10.1. The molecule has 1 aliphatic heterocycles. The van der Waals surface area contributed by atoms with Gasteiger partial charge in [0.1, 0.15) is 0 Å². The Labute approximate surface area is 161 Å². The number of nitrogens with two attached hydrogens (primary N) is 2. The molecule has 27 heavy (non-hydrogen) atoms. The summed E-state index contributed by atoms with van der Waals surface area (Å²) in [5, 5.41) is 3.35. The Kier molecular flexibility index (Phi) is 7.23. The molecule has 1 aliphatic rings. The van der Waals surface area contributed by atoms with Crippen LogP contribution in [0.5, 0.6) is 0 Å². The Morgan fingerprint density at radius 3 is 2.70 bits per heavy atom. The average Bonchev–Trinajstić information content (AvgIpc) is 2.96. The summed E-state index contributed by atoms with van der Waals surface area (Å²) in [5.41, 5.74) is 7.18. The van der Waals surface area contributed by atoms with Crippen molar-refractivity contribution < 1.29 is 8.42 Å². The molecular weight excluding hydrogens is 362 g/mol. The van der Waals surface area contributed by atoms with Crippen molar-refractivity contribution in [2.75, 3.05) is 35.5 Å². The van der Waals surface area contributed by atoms with Crippen LogP contribution < -0.4 is 26.2 Å². The van der Waals surface area contributed by atoms with Gasteiger partial charge in [-0.2, -0.15) is 8.42 Å². The fourth-order valence-corrected chi connectivity index (χ4v) is 3.95. The van der Waals surface area contributed by atoms with Gasteiger partial charge < -0.3 is 16.0 Å². The van der Waals surface area contributed by atoms with Crippen molar-refractivity contribution in [1.29, 1.82) is 0 Å². The number of nitrogens with zero attached hydrogens (tertiary/aromatic N) is 2. The second kappa shape index (κ2) is 9.40. The number of rotatable bonds is 7. The summed E-state index contributed by atoms with van der Waals surface area (Å²) < 4.78 is 26.6. The molecule has 0 aromatic heterocycles. The lowest BCUT2D eigenvalue weighted by molar-refractivity contribution is 0.599. The molecule has 0 radical (unpaired) electrons. The first-order chi connectivity index (χ1) is 13.0. The number of hydrogen-bond acceptors (Lipinski definition) is 6. The zero-order chi connectivity index (χ0) is 19.9. The molecule has 0 amide bonds. The van der Waals surface area contributed by atoms with E-state index in [1.807, 2.05) is 12.1 Å². The van der Waals surface area contributed by atoms with E-state index in [2.05, 4.69) is 23.4 Å². The lowest BCUT2D eigenvalue weighted by Gasteiger charge is -2.26. The van der Waals surface area contributed by atoms with Crippen LogP contribution in [-0.4, -0.2) is 34.6 Å². The zero-order valence-corrected chi connectivity index (χ0v) is 16.2. The van der Waals surface area contributed by atoms with Crippen molar-refractivity contribution in [2.24, 2.45) is 11.6 Å². The molecule has 0 bridgehead atoms. The van der Waals surface area contributed by atoms with Crippen molar-refractivity contribution >= 4 is 27.5 Å². The Bertz CT molecular complexity index is 838. The van der Waals surface area contributed by atoms with Gasteiger partial charge in [0, 0.05) is 30.9 Å². The minimum atomic E-state index is -3.99. The average molecular weight is 390 g/mol. The maximum Gasteiger partial charge on any atom is 0.277 e. The summed E-state index contributed by atoms with van der Waals surface area (Å²) in [4.78, 5) is 2.16. The van der Waals surface area contributed by atoms with E-state index in [4.69, 9.17) is 11.6 Å². The Morgan fingerprint density at radius 1 is 1.26 bits per heavy atom. The van der Waals surface area contributed by atoms with Crippen LogP contribution in [0.2, 0.25) is 0 Å². The van der Waals surface area contributed by atoms with Gasteiger partial charge in [-0.3, -0.25) is 0 Å². The molecule has 5 N–H and O–H groups in total. The largest absolute Gasteiger partial charge is 0.405 e. The second-order valence-electron chi connectivity index (χ2n) is 6.00. The third-order valence-corrected chi connectivity index (χ3v) is 5.92. The normalized spacial score (nSPS) is 16.2. The standard InChI is InChI=1S/C19H27N5O2S/c1-3-16-8-9-17(23-13-6-11-22-12-14-23)15-19(16)24(21)27(25,26)18(4-2)7-5-10-20/h3-5,7-10,15,22H,1-2,6,11-14,20-21H2/b10-5-,18-7+. The van der Waals surface area contributed by atoms with Gasteiger partial charge in [-0.25, -0.2) is 10.3 Å². The fraction of sp³-hybridized carbons (Fsp3) is 0.263. The van der Waals surface area contributed by atoms with Gasteiger partial charge in [0.05, 0.1) is 10.6 Å². The summed E-state index contributed by atoms with van der Waals surface area (Å²) in [6, 6.07) is 5.55. The van der Waals surface area contributed by atoms with E-state index >= 15 is 0 Å². The molecule has 0 unspecified atom stereocenters. The number of hydrazine groups is 1. The van der Waals surface area contributed by atoms with E-state index in [1.165, 1.54) is 24.4 Å². The van der Waals surface area contributed by atoms with E-state index in [-0.39, 0.29) is 4.91 Å². The Morgan fingerprint density at radius 2 is 2.04 bits per heavy atom. The van der Waals surface area contributed by atoms with Crippen LogP contribution in [0.4, 0.5) is 11.4 Å². The maximum absolute atomic E-state index is 12.9. The highest BCUT2D eigenvalue weighted by atomic mass is 32.2. The molecule has 1 aromatic rings. The quantitative estimate of drug-likeness (QED) is 0.372. The van der Waals surface area contributed by atoms with E-state index in [1.54, 1.807) is 12.1 Å². The number of hydrogen-bond donors (Lipinski definition) is 3. The van der Waals surface area contributed by atoms with Crippen molar-refractivity contribution in [1.82, 2.24) is 5.32 Å². The number of allylic oxidation sites excluding steroid dienone is 3. The minimum absolute atomic E-state index is 0.0499. The molecule has 0 saturated carbocycles. The van der Waals surface area contributed by atoms with Crippen LogP contribution in [0.1, 0.15) is 12.0 Å². The number of benzene rings is 1. The van der Waals surface area contributed by atoms with E-state index in [0.717, 1.165) is 42.7 Å². The van der Waals surface area contributed by atoms with Crippen molar-refractivity contribution in [3.8, 4) is 0 Å². The molecule has 0 spiro atoms. The van der Waals surface area contributed by atoms with Crippen molar-refractivity contribution in [3.63, 3.8) is 0 Å². The monoisotopic (exact) mass is 389 g/mol. The molecule has 0 aliphatic carbocycles. The van der Waals surface area contributed by atoms with E-state index in [9.17, 15) is 8.42 Å². The van der Waals surface area contributed by atoms with Crippen LogP contribution >= 0.6 is 0 Å². The maximum atomic E-state index is 12.9. The molecule has 1 aromatic carbocycles. The molecule has 1 fully saturated rings. The predicted octanol–water partition coefficient (Wildman–Crippen LogP) is 1.68. The first-order valence-corrected chi connectivity index (χ1v) is 10.1. The van der Waals surface area contributed by atoms with Gasteiger partial charge >= 0.3 is 0 Å². The van der Waals surface area contributed by atoms with Crippen LogP contribution in [0.3, 0.4) is 0 Å². The van der Waals surface area contributed by atoms with Crippen LogP contribution in [0.15, 0.2) is 60.7 Å². The third kappa shape index (κ3) is 4.79. The summed E-state index contributed by atoms with van der Waals surface area (Å²) >= 11 is 0. The molecule has 2 rings (SSSR count). The highest BCUT2D eigenvalue weighted by Crippen LogP contribution is 2.30. The molecule has 1 heterocycles. The van der Waals surface area contributed by atoms with Crippen molar-refractivity contribution in [3.05, 3.63) is 66.3 Å². The number of sulfonamides is 1. The summed E-state index contributed by atoms with van der Waals surface area (Å²) in [7, 11) is -3.99. The first kappa shape index (κ1) is 20.8. The van der Waals surface area contributed by atoms with Gasteiger partial charge in [0.2, 0.25) is 0 Å². The Hall–Kier alpha value is -2.55. The highest BCUT2D eigenvalue weighted by molar-refractivity contribution is 7.96. The molecule has 146 valence electrons. The zero-order valence-electron chi connectivity index (χ0n) is 15.3. The van der Waals surface area contributed by atoms with Gasteiger partial charge in [0.15, 0.2) is 0 Å². The summed E-state index contributed by atoms with van der Waals surface area (Å²) in [6.45, 7) is 10.9. The topological polar surface area (TPSA) is 105 Å². The second-order valence-corrected chi connectivity index (χ2v) is 7.81.